The number of unbranched alkanes of at least 4 members (excludes halogenated alkanes) is 1. The van der Waals surface area contributed by atoms with E-state index in [9.17, 15) is 13.6 Å². The molecule has 0 unspecified atom stereocenters. The van der Waals surface area contributed by atoms with Crippen molar-refractivity contribution in [2.24, 2.45) is 0 Å². The number of hydrogen-bond acceptors (Lipinski definition) is 5. The summed E-state index contributed by atoms with van der Waals surface area (Å²) in [5.74, 6) is 0.342. The number of ether oxygens (including phenoxy) is 1. The maximum absolute atomic E-state index is 12.2. The van der Waals surface area contributed by atoms with Gasteiger partial charge < -0.3 is 4.74 Å². The number of esters is 1. The van der Waals surface area contributed by atoms with E-state index in [1.165, 1.54) is 13.1 Å². The van der Waals surface area contributed by atoms with Gasteiger partial charge in [0.1, 0.15) is 0 Å². The first-order valence-corrected chi connectivity index (χ1v) is 8.08. The zero-order valence-corrected chi connectivity index (χ0v) is 13.8. The molecular formula is C15H20F2N2O2S. The highest BCUT2D eigenvalue weighted by Crippen LogP contribution is 2.17. The molecule has 1 rings (SSSR count). The van der Waals surface area contributed by atoms with Gasteiger partial charge in [0, 0.05) is 18.4 Å². The van der Waals surface area contributed by atoms with Gasteiger partial charge in [-0.05, 0) is 25.8 Å². The average Bonchev–Trinajstić information content (AvgIpc) is 2.47. The molecule has 0 saturated heterocycles. The first kappa shape index (κ1) is 18.5. The van der Waals surface area contributed by atoms with Crippen molar-refractivity contribution in [1.29, 1.82) is 0 Å². The van der Waals surface area contributed by atoms with Crippen LogP contribution in [-0.2, 0) is 4.74 Å². The summed E-state index contributed by atoms with van der Waals surface area (Å²) in [6.45, 7) is 5.03. The molecule has 1 heterocycles. The van der Waals surface area contributed by atoms with Gasteiger partial charge in [0.2, 0.25) is 0 Å². The fourth-order valence-corrected chi connectivity index (χ4v) is 2.44. The van der Waals surface area contributed by atoms with Crippen molar-refractivity contribution in [2.45, 2.75) is 45.2 Å². The number of thioether (sulfide) groups is 1. The highest BCUT2D eigenvalue weighted by molar-refractivity contribution is 7.99. The Labute approximate surface area is 133 Å². The molecule has 1 aromatic heterocycles. The molecule has 0 aliphatic heterocycles. The number of carbonyl (C=O) groups is 1. The van der Waals surface area contributed by atoms with E-state index in [2.05, 4.69) is 16.9 Å². The minimum atomic E-state index is -1.73. The largest absolute Gasteiger partial charge is 0.462 e. The van der Waals surface area contributed by atoms with Crippen LogP contribution in [0.15, 0.2) is 23.0 Å². The number of nitrogens with zero attached hydrogens (tertiary/aromatic N) is 2. The second-order valence-electron chi connectivity index (χ2n) is 4.78. The van der Waals surface area contributed by atoms with E-state index in [0.717, 1.165) is 18.6 Å². The SMILES string of the molecule is CCCCSc1ncc(C(=O)OCCC(C)=C(F)F)c(C)n1. The Kier molecular flexibility index (Phi) is 8.01. The molecule has 1 aromatic rings. The molecule has 0 amide bonds. The monoisotopic (exact) mass is 330 g/mol. The lowest BCUT2D eigenvalue weighted by atomic mass is 10.2. The summed E-state index contributed by atoms with van der Waals surface area (Å²) >= 11 is 1.54. The van der Waals surface area contributed by atoms with Gasteiger partial charge >= 0.3 is 5.97 Å². The van der Waals surface area contributed by atoms with Crippen LogP contribution in [-0.4, -0.2) is 28.3 Å². The Hall–Kier alpha value is -1.50. The predicted octanol–water partition coefficient (Wildman–Crippen LogP) is 4.39. The highest BCUT2D eigenvalue weighted by Gasteiger charge is 2.13. The van der Waals surface area contributed by atoms with Crippen LogP contribution in [0, 0.1) is 6.92 Å². The molecule has 0 radical (unpaired) electrons. The molecule has 0 fully saturated rings. The van der Waals surface area contributed by atoms with Crippen LogP contribution < -0.4 is 0 Å². The van der Waals surface area contributed by atoms with Gasteiger partial charge in [-0.3, -0.25) is 0 Å². The Morgan fingerprint density at radius 1 is 1.41 bits per heavy atom. The molecule has 0 atom stereocenters. The third-order valence-electron chi connectivity index (χ3n) is 2.94. The van der Waals surface area contributed by atoms with E-state index in [0.29, 0.717) is 10.9 Å². The van der Waals surface area contributed by atoms with E-state index in [1.807, 2.05) is 0 Å². The molecule has 0 saturated carbocycles. The minimum Gasteiger partial charge on any atom is -0.462 e. The maximum Gasteiger partial charge on any atom is 0.341 e. The summed E-state index contributed by atoms with van der Waals surface area (Å²) in [7, 11) is 0. The quantitative estimate of drug-likeness (QED) is 0.306. The molecule has 0 aromatic carbocycles. The summed E-state index contributed by atoms with van der Waals surface area (Å²) in [4.78, 5) is 20.3. The van der Waals surface area contributed by atoms with Crippen molar-refractivity contribution in [3.63, 3.8) is 0 Å². The summed E-state index contributed by atoms with van der Waals surface area (Å²) in [6, 6.07) is 0. The summed E-state index contributed by atoms with van der Waals surface area (Å²) in [6.07, 6.45) is 1.89. The number of rotatable bonds is 8. The van der Waals surface area contributed by atoms with Crippen LogP contribution in [0.4, 0.5) is 8.78 Å². The second kappa shape index (κ2) is 9.50. The fraction of sp³-hybridized carbons (Fsp3) is 0.533. The Balaban J connectivity index is 2.57. The molecule has 0 aliphatic rings. The first-order valence-electron chi connectivity index (χ1n) is 7.10. The van der Waals surface area contributed by atoms with Crippen LogP contribution >= 0.6 is 11.8 Å². The molecule has 0 bridgehead atoms. The normalized spacial score (nSPS) is 10.4. The minimum absolute atomic E-state index is 0.0128. The van der Waals surface area contributed by atoms with E-state index in [-0.39, 0.29) is 24.2 Å². The van der Waals surface area contributed by atoms with Crippen LogP contribution in [0.1, 0.15) is 49.2 Å². The standard InChI is InChI=1S/C15H20F2N2O2S/c1-4-5-8-22-15-18-9-12(11(3)19-15)14(20)21-7-6-10(2)13(16)17/h9H,4-8H2,1-3H3. The van der Waals surface area contributed by atoms with Gasteiger partial charge in [-0.1, -0.05) is 25.1 Å². The summed E-state index contributed by atoms with van der Waals surface area (Å²) in [5, 5.41) is 0.626. The van der Waals surface area contributed by atoms with Crippen molar-refractivity contribution in [2.75, 3.05) is 12.4 Å². The Morgan fingerprint density at radius 2 is 2.14 bits per heavy atom. The number of aryl methyl sites for hydroxylation is 1. The van der Waals surface area contributed by atoms with Crippen molar-refractivity contribution in [3.8, 4) is 0 Å². The Morgan fingerprint density at radius 3 is 2.73 bits per heavy atom. The smallest absolute Gasteiger partial charge is 0.341 e. The van der Waals surface area contributed by atoms with Crippen molar-refractivity contribution in [1.82, 2.24) is 9.97 Å². The third-order valence-corrected chi connectivity index (χ3v) is 3.89. The zero-order valence-electron chi connectivity index (χ0n) is 13.0. The van der Waals surface area contributed by atoms with Crippen LogP contribution in [0.5, 0.6) is 0 Å². The van der Waals surface area contributed by atoms with Crippen LogP contribution in [0.25, 0.3) is 0 Å². The number of carbonyl (C=O) groups excluding carboxylic acids is 1. The molecule has 0 aliphatic carbocycles. The lowest BCUT2D eigenvalue weighted by molar-refractivity contribution is 0.0505. The van der Waals surface area contributed by atoms with Crippen LogP contribution in [0.2, 0.25) is 0 Å². The van der Waals surface area contributed by atoms with Gasteiger partial charge in [0.25, 0.3) is 6.08 Å². The second-order valence-corrected chi connectivity index (χ2v) is 5.84. The molecule has 22 heavy (non-hydrogen) atoms. The first-order chi connectivity index (χ1) is 10.5. The summed E-state index contributed by atoms with van der Waals surface area (Å²) < 4.78 is 29.4. The predicted molar refractivity (Wildman–Crippen MR) is 82.2 cm³/mol. The molecule has 7 heteroatoms. The zero-order chi connectivity index (χ0) is 16.5. The van der Waals surface area contributed by atoms with E-state index < -0.39 is 12.0 Å². The average molecular weight is 330 g/mol. The maximum atomic E-state index is 12.2. The molecular weight excluding hydrogens is 310 g/mol. The molecule has 4 nitrogen and oxygen atoms in total. The van der Waals surface area contributed by atoms with Gasteiger partial charge in [-0.2, -0.15) is 8.78 Å². The van der Waals surface area contributed by atoms with Crippen molar-refractivity contribution in [3.05, 3.63) is 29.1 Å². The number of halogens is 2. The Bertz CT molecular complexity index is 546. The van der Waals surface area contributed by atoms with Crippen molar-refractivity contribution < 1.29 is 18.3 Å². The fourth-order valence-electron chi connectivity index (χ4n) is 1.49. The van der Waals surface area contributed by atoms with Gasteiger partial charge in [-0.25, -0.2) is 14.8 Å². The van der Waals surface area contributed by atoms with E-state index >= 15 is 0 Å². The lowest BCUT2D eigenvalue weighted by Crippen LogP contribution is -2.10. The summed E-state index contributed by atoms with van der Waals surface area (Å²) in [5.41, 5.74) is 0.716. The molecule has 0 N–H and O–H groups in total. The molecule has 122 valence electrons. The van der Waals surface area contributed by atoms with Crippen molar-refractivity contribution >= 4 is 17.7 Å². The van der Waals surface area contributed by atoms with E-state index in [1.54, 1.807) is 18.7 Å². The number of hydrogen-bond donors (Lipinski definition) is 0. The third kappa shape index (κ3) is 6.09. The van der Waals surface area contributed by atoms with Crippen LogP contribution in [0.3, 0.4) is 0 Å². The topological polar surface area (TPSA) is 52.1 Å². The lowest BCUT2D eigenvalue weighted by Gasteiger charge is -2.07. The van der Waals surface area contributed by atoms with Gasteiger partial charge in [0.05, 0.1) is 17.9 Å². The highest BCUT2D eigenvalue weighted by atomic mass is 32.2. The van der Waals surface area contributed by atoms with E-state index in [4.69, 9.17) is 4.74 Å². The molecule has 0 spiro atoms. The van der Waals surface area contributed by atoms with Gasteiger partial charge in [-0.15, -0.1) is 0 Å². The number of aromatic nitrogens is 2. The van der Waals surface area contributed by atoms with Gasteiger partial charge in [0.15, 0.2) is 5.16 Å².